The minimum atomic E-state index is -0.894. The molecule has 0 unspecified atom stereocenters. The second-order valence-corrected chi connectivity index (χ2v) is 7.27. The summed E-state index contributed by atoms with van der Waals surface area (Å²) in [7, 11) is 0. The van der Waals surface area contributed by atoms with Crippen LogP contribution >= 0.6 is 0 Å². The second kappa shape index (κ2) is 5.84. The van der Waals surface area contributed by atoms with Gasteiger partial charge in [-0.25, -0.2) is 9.78 Å². The highest BCUT2D eigenvalue weighted by atomic mass is 16.4. The van der Waals surface area contributed by atoms with Gasteiger partial charge in [-0.3, -0.25) is 4.40 Å². The van der Waals surface area contributed by atoms with Gasteiger partial charge in [-0.1, -0.05) is 43.5 Å². The maximum Gasteiger partial charge on any atom is 0.335 e. The predicted octanol–water partition coefficient (Wildman–Crippen LogP) is 5.39. The van der Waals surface area contributed by atoms with Gasteiger partial charge in [0, 0.05) is 10.8 Å². The third-order valence-electron chi connectivity index (χ3n) is 5.78. The van der Waals surface area contributed by atoms with Crippen LogP contribution < -0.4 is 0 Å². The molecule has 4 nitrogen and oxygen atoms in total. The van der Waals surface area contributed by atoms with Crippen molar-refractivity contribution >= 4 is 33.3 Å². The highest BCUT2D eigenvalue weighted by molar-refractivity contribution is 6.06. The fourth-order valence-electron chi connectivity index (χ4n) is 4.58. The Morgan fingerprint density at radius 2 is 1.85 bits per heavy atom. The fourth-order valence-corrected chi connectivity index (χ4v) is 4.58. The number of aromatic nitrogens is 2. The molecule has 0 aliphatic heterocycles. The van der Waals surface area contributed by atoms with Gasteiger partial charge in [0.25, 0.3) is 0 Å². The van der Waals surface area contributed by atoms with Gasteiger partial charge in [-0.05, 0) is 42.5 Å². The van der Waals surface area contributed by atoms with Crippen LogP contribution in [0.2, 0.25) is 0 Å². The fraction of sp³-hybridized carbons (Fsp3) is 0.273. The van der Waals surface area contributed by atoms with Crippen LogP contribution in [0.1, 0.15) is 53.9 Å². The smallest absolute Gasteiger partial charge is 0.335 e. The van der Waals surface area contributed by atoms with Crippen LogP contribution in [0.4, 0.5) is 0 Å². The van der Waals surface area contributed by atoms with Crippen molar-refractivity contribution in [1.82, 2.24) is 9.38 Å². The molecule has 5 rings (SSSR count). The molecule has 1 fully saturated rings. The van der Waals surface area contributed by atoms with Gasteiger partial charge in [-0.2, -0.15) is 0 Å². The quantitative estimate of drug-likeness (QED) is 0.531. The second-order valence-electron chi connectivity index (χ2n) is 7.27. The molecule has 0 saturated heterocycles. The van der Waals surface area contributed by atoms with E-state index >= 15 is 0 Å². The number of para-hydroxylation sites is 1. The van der Waals surface area contributed by atoms with E-state index in [-0.39, 0.29) is 0 Å². The van der Waals surface area contributed by atoms with Crippen LogP contribution in [0, 0.1) is 0 Å². The summed E-state index contributed by atoms with van der Waals surface area (Å²) in [5.74, 6) is -0.368. The van der Waals surface area contributed by atoms with Crippen molar-refractivity contribution in [2.45, 2.75) is 38.0 Å². The molecular formula is C22H20N2O2. The number of carbonyl (C=O) groups is 1. The Bertz CT molecular complexity index is 1150. The van der Waals surface area contributed by atoms with E-state index in [0.29, 0.717) is 11.5 Å². The largest absolute Gasteiger partial charge is 0.478 e. The topological polar surface area (TPSA) is 54.6 Å². The molecule has 4 heteroatoms. The van der Waals surface area contributed by atoms with E-state index in [4.69, 9.17) is 0 Å². The van der Waals surface area contributed by atoms with Crippen LogP contribution in [0.3, 0.4) is 0 Å². The minimum Gasteiger partial charge on any atom is -0.478 e. The molecule has 0 spiro atoms. The molecule has 0 amide bonds. The van der Waals surface area contributed by atoms with Gasteiger partial charge in [0.15, 0.2) is 0 Å². The predicted molar refractivity (Wildman–Crippen MR) is 103 cm³/mol. The van der Waals surface area contributed by atoms with Crippen LogP contribution in [0.5, 0.6) is 0 Å². The molecule has 0 bridgehead atoms. The Morgan fingerprint density at radius 3 is 2.65 bits per heavy atom. The number of nitrogens with zero attached hydrogens (tertiary/aromatic N) is 2. The lowest BCUT2D eigenvalue weighted by molar-refractivity contribution is 0.0697. The molecule has 1 aliphatic rings. The van der Waals surface area contributed by atoms with E-state index in [1.165, 1.54) is 48.6 Å². The lowest BCUT2D eigenvalue weighted by Gasteiger charge is -2.22. The van der Waals surface area contributed by atoms with Gasteiger partial charge in [0.05, 0.1) is 22.1 Å². The molecule has 2 aromatic heterocycles. The Labute approximate surface area is 151 Å². The monoisotopic (exact) mass is 344 g/mol. The maximum atomic E-state index is 11.5. The van der Waals surface area contributed by atoms with Crippen LogP contribution in [0.15, 0.2) is 48.8 Å². The number of carboxylic acids is 1. The standard InChI is InChI=1S/C22H20N2O2/c25-22(26)15-10-11-17-19(12-15)24-13-23-18-9-5-4-8-16(18)21(24)20(17)14-6-2-1-3-7-14/h4-5,8-14H,1-3,6-7H2,(H,25,26). The first-order valence-corrected chi connectivity index (χ1v) is 9.29. The van der Waals surface area contributed by atoms with Crippen molar-refractivity contribution in [1.29, 1.82) is 0 Å². The molecule has 130 valence electrons. The third-order valence-corrected chi connectivity index (χ3v) is 5.78. The normalized spacial score (nSPS) is 15.8. The van der Waals surface area contributed by atoms with Crippen molar-refractivity contribution < 1.29 is 9.90 Å². The molecule has 1 N–H and O–H groups in total. The minimum absolute atomic E-state index is 0.320. The average molecular weight is 344 g/mol. The van der Waals surface area contributed by atoms with Crippen LogP contribution in [0.25, 0.3) is 27.3 Å². The third kappa shape index (κ3) is 2.22. The molecule has 2 heterocycles. The molecule has 0 atom stereocenters. The maximum absolute atomic E-state index is 11.5. The summed E-state index contributed by atoms with van der Waals surface area (Å²) in [5, 5.41) is 11.7. The van der Waals surface area contributed by atoms with E-state index in [1.54, 1.807) is 12.1 Å². The van der Waals surface area contributed by atoms with E-state index in [0.717, 1.165) is 16.4 Å². The number of hydrogen-bond donors (Lipinski definition) is 1. The summed E-state index contributed by atoms with van der Waals surface area (Å²) in [4.78, 5) is 16.1. The first-order chi connectivity index (χ1) is 12.7. The number of rotatable bonds is 2. The molecule has 1 saturated carbocycles. The average Bonchev–Trinajstić information content (AvgIpc) is 3.02. The zero-order valence-corrected chi connectivity index (χ0v) is 14.5. The number of benzene rings is 2. The lowest BCUT2D eigenvalue weighted by atomic mass is 9.82. The molecule has 26 heavy (non-hydrogen) atoms. The van der Waals surface area contributed by atoms with Crippen LogP contribution in [-0.2, 0) is 0 Å². The number of hydrogen-bond acceptors (Lipinski definition) is 2. The summed E-state index contributed by atoms with van der Waals surface area (Å²) in [5.41, 5.74) is 4.81. The van der Waals surface area contributed by atoms with Gasteiger partial charge in [-0.15, -0.1) is 0 Å². The van der Waals surface area contributed by atoms with Crippen molar-refractivity contribution in [3.8, 4) is 0 Å². The first-order valence-electron chi connectivity index (χ1n) is 9.29. The number of fused-ring (bicyclic) bond motifs is 5. The highest BCUT2D eigenvalue weighted by Crippen LogP contribution is 2.42. The van der Waals surface area contributed by atoms with Gasteiger partial charge in [0.2, 0.25) is 0 Å². The molecule has 2 aromatic carbocycles. The molecule has 4 aromatic rings. The Morgan fingerprint density at radius 1 is 1.04 bits per heavy atom. The molecule has 1 aliphatic carbocycles. The molecule has 0 radical (unpaired) electrons. The van der Waals surface area contributed by atoms with Crippen molar-refractivity contribution in [2.24, 2.45) is 0 Å². The summed E-state index contributed by atoms with van der Waals surface area (Å²) in [6, 6.07) is 13.7. The Kier molecular flexibility index (Phi) is 3.45. The van der Waals surface area contributed by atoms with E-state index in [9.17, 15) is 9.90 Å². The van der Waals surface area contributed by atoms with E-state index in [2.05, 4.69) is 21.5 Å². The lowest BCUT2D eigenvalue weighted by Crippen LogP contribution is -2.05. The number of carboxylic acid groups (broad SMARTS) is 1. The summed E-state index contributed by atoms with van der Waals surface area (Å²) in [6.45, 7) is 0. The van der Waals surface area contributed by atoms with Crippen molar-refractivity contribution in [3.63, 3.8) is 0 Å². The summed E-state index contributed by atoms with van der Waals surface area (Å²) in [6.07, 6.45) is 8.08. The summed E-state index contributed by atoms with van der Waals surface area (Å²) >= 11 is 0. The zero-order chi connectivity index (χ0) is 17.7. The SMILES string of the molecule is O=C(O)c1ccc2c(C3CCCCC3)c3c4ccccc4ncn3c2c1. The van der Waals surface area contributed by atoms with E-state index < -0.39 is 5.97 Å². The van der Waals surface area contributed by atoms with Gasteiger partial charge in [0.1, 0.15) is 6.33 Å². The van der Waals surface area contributed by atoms with Crippen molar-refractivity contribution in [2.75, 3.05) is 0 Å². The summed E-state index contributed by atoms with van der Waals surface area (Å²) < 4.78 is 2.09. The number of aromatic carboxylic acids is 1. The van der Waals surface area contributed by atoms with Gasteiger partial charge >= 0.3 is 5.97 Å². The zero-order valence-electron chi connectivity index (χ0n) is 14.5. The van der Waals surface area contributed by atoms with E-state index in [1.807, 2.05) is 24.5 Å². The Balaban J connectivity index is 1.93. The highest BCUT2D eigenvalue weighted by Gasteiger charge is 2.24. The molecular weight excluding hydrogens is 324 g/mol. The van der Waals surface area contributed by atoms with Crippen molar-refractivity contribution in [3.05, 3.63) is 59.9 Å². The van der Waals surface area contributed by atoms with Crippen LogP contribution in [-0.4, -0.2) is 20.5 Å². The first kappa shape index (κ1) is 15.4. The van der Waals surface area contributed by atoms with Gasteiger partial charge < -0.3 is 5.11 Å². The Hall–Kier alpha value is -2.88.